The summed E-state index contributed by atoms with van der Waals surface area (Å²) in [6.45, 7) is 7.14. The summed E-state index contributed by atoms with van der Waals surface area (Å²) >= 11 is 0. The van der Waals surface area contributed by atoms with E-state index in [0.717, 1.165) is 18.4 Å². The Hall–Kier alpha value is -1.25. The van der Waals surface area contributed by atoms with Gasteiger partial charge in [-0.3, -0.25) is 9.36 Å². The molecule has 10 heteroatoms. The van der Waals surface area contributed by atoms with E-state index >= 15 is 0 Å². The van der Waals surface area contributed by atoms with E-state index < -0.39 is 35.3 Å². The molecule has 0 radical (unpaired) electrons. The highest BCUT2D eigenvalue weighted by Gasteiger charge is 2.47. The third-order valence-electron chi connectivity index (χ3n) is 4.86. The van der Waals surface area contributed by atoms with Crippen LogP contribution in [0.3, 0.4) is 0 Å². The standard InChI is InChI=1S/C20H32NO7PS/c1-5-26-20(22)19(29(23,27-6-2)28-7-3)14-18(16-10-11-16)21-30(24,25)17-12-8-15(4)9-13-17/h8-9,12-13,16,18-19,21H,5-7,10-11,14H2,1-4H3/t18-,19?/m1/s1. The topological polar surface area (TPSA) is 108 Å². The summed E-state index contributed by atoms with van der Waals surface area (Å²) in [4.78, 5) is 12.8. The molecule has 1 aromatic rings. The first-order chi connectivity index (χ1) is 14.2. The number of rotatable bonds is 13. The second-order valence-electron chi connectivity index (χ2n) is 7.26. The third kappa shape index (κ3) is 6.62. The number of esters is 1. The predicted octanol–water partition coefficient (Wildman–Crippen LogP) is 3.64. The molecule has 0 aromatic heterocycles. The van der Waals surface area contributed by atoms with Crippen LogP contribution in [0, 0.1) is 12.8 Å². The van der Waals surface area contributed by atoms with Crippen LogP contribution < -0.4 is 4.72 Å². The summed E-state index contributed by atoms with van der Waals surface area (Å²) in [6, 6.07) is 5.94. The maximum Gasteiger partial charge on any atom is 0.344 e. The molecule has 8 nitrogen and oxygen atoms in total. The molecule has 2 atom stereocenters. The van der Waals surface area contributed by atoms with Crippen molar-refractivity contribution in [3.8, 4) is 0 Å². The van der Waals surface area contributed by atoms with Crippen molar-refractivity contribution in [1.82, 2.24) is 4.72 Å². The van der Waals surface area contributed by atoms with Crippen molar-refractivity contribution < 1.29 is 31.6 Å². The van der Waals surface area contributed by atoms with Crippen LogP contribution in [0.15, 0.2) is 29.2 Å². The molecule has 0 saturated heterocycles. The number of aryl methyl sites for hydroxylation is 1. The van der Waals surface area contributed by atoms with E-state index in [9.17, 15) is 17.8 Å². The van der Waals surface area contributed by atoms with Crippen LogP contribution in [0.2, 0.25) is 0 Å². The highest BCUT2D eigenvalue weighted by Crippen LogP contribution is 2.56. The van der Waals surface area contributed by atoms with Gasteiger partial charge in [-0.2, -0.15) is 0 Å². The molecule has 30 heavy (non-hydrogen) atoms. The number of nitrogens with one attached hydrogen (secondary N) is 1. The smallest absolute Gasteiger partial charge is 0.344 e. The van der Waals surface area contributed by atoms with Gasteiger partial charge in [0, 0.05) is 6.04 Å². The molecule has 1 aliphatic carbocycles. The minimum Gasteiger partial charge on any atom is -0.465 e. The minimum atomic E-state index is -3.83. The van der Waals surface area contributed by atoms with Crippen molar-refractivity contribution in [2.24, 2.45) is 5.92 Å². The SMILES string of the molecule is CCOC(=O)C(C[C@@H](NS(=O)(=O)c1ccc(C)cc1)C1CC1)P(=O)(OCC)OCC. The first-order valence-corrected chi connectivity index (χ1v) is 13.4. The molecule has 0 spiro atoms. The number of carbonyl (C=O) groups excluding carboxylic acids is 1. The Bertz CT molecular complexity index is 842. The fraction of sp³-hybridized carbons (Fsp3) is 0.650. The average Bonchev–Trinajstić information content (AvgIpc) is 3.51. The summed E-state index contributed by atoms with van der Waals surface area (Å²) < 4.78 is 57.8. The van der Waals surface area contributed by atoms with Crippen molar-refractivity contribution in [2.45, 2.75) is 63.6 Å². The fourth-order valence-electron chi connectivity index (χ4n) is 3.23. The molecule has 0 aliphatic heterocycles. The van der Waals surface area contributed by atoms with E-state index in [4.69, 9.17) is 13.8 Å². The van der Waals surface area contributed by atoms with Crippen LogP contribution in [0.5, 0.6) is 0 Å². The molecule has 0 bridgehead atoms. The number of hydrogen-bond acceptors (Lipinski definition) is 7. The fourth-order valence-corrected chi connectivity index (χ4v) is 6.52. The maximum absolute atomic E-state index is 13.4. The first-order valence-electron chi connectivity index (χ1n) is 10.3. The molecular formula is C20H32NO7PS. The largest absolute Gasteiger partial charge is 0.465 e. The summed E-state index contributed by atoms with van der Waals surface area (Å²) in [5.74, 6) is -0.651. The van der Waals surface area contributed by atoms with E-state index in [2.05, 4.69) is 4.72 Å². The van der Waals surface area contributed by atoms with Gasteiger partial charge in [0.1, 0.15) is 0 Å². The molecule has 0 heterocycles. The van der Waals surface area contributed by atoms with Gasteiger partial charge >= 0.3 is 13.6 Å². The Balaban J connectivity index is 2.30. The van der Waals surface area contributed by atoms with Crippen molar-refractivity contribution in [1.29, 1.82) is 0 Å². The van der Waals surface area contributed by atoms with E-state index in [-0.39, 0.29) is 37.1 Å². The molecule has 1 saturated carbocycles. The Morgan fingerprint density at radius 1 is 1.10 bits per heavy atom. The van der Waals surface area contributed by atoms with E-state index in [0.29, 0.717) is 0 Å². The van der Waals surface area contributed by atoms with Gasteiger partial charge in [-0.25, -0.2) is 13.1 Å². The number of hydrogen-bond donors (Lipinski definition) is 1. The van der Waals surface area contributed by atoms with Gasteiger partial charge in [-0.1, -0.05) is 17.7 Å². The Kier molecular flexibility index (Phi) is 9.06. The molecule has 2 rings (SSSR count). The summed E-state index contributed by atoms with van der Waals surface area (Å²) in [5, 5.41) is 0. The van der Waals surface area contributed by atoms with Crippen LogP contribution >= 0.6 is 7.60 Å². The second kappa shape index (κ2) is 10.9. The average molecular weight is 462 g/mol. The van der Waals surface area contributed by atoms with Crippen LogP contribution in [-0.2, 0) is 33.2 Å². The van der Waals surface area contributed by atoms with Crippen LogP contribution in [0.4, 0.5) is 0 Å². The lowest BCUT2D eigenvalue weighted by atomic mass is 10.1. The molecule has 170 valence electrons. The highest BCUT2D eigenvalue weighted by atomic mass is 32.2. The first kappa shape index (κ1) is 25.0. The predicted molar refractivity (Wildman–Crippen MR) is 114 cm³/mol. The lowest BCUT2D eigenvalue weighted by Crippen LogP contribution is -2.41. The van der Waals surface area contributed by atoms with E-state index in [1.54, 1.807) is 32.9 Å². The van der Waals surface area contributed by atoms with Crippen molar-refractivity contribution in [3.63, 3.8) is 0 Å². The van der Waals surface area contributed by atoms with E-state index in [1.165, 1.54) is 12.1 Å². The number of ether oxygens (including phenoxy) is 1. The third-order valence-corrected chi connectivity index (χ3v) is 8.79. The van der Waals surface area contributed by atoms with E-state index in [1.807, 2.05) is 6.92 Å². The molecular weight excluding hydrogens is 429 g/mol. The monoisotopic (exact) mass is 461 g/mol. The molecule has 1 aromatic carbocycles. The Labute approximate surface area is 179 Å². The normalized spacial score (nSPS) is 16.8. The van der Waals surface area contributed by atoms with Crippen molar-refractivity contribution in [2.75, 3.05) is 19.8 Å². The quantitative estimate of drug-likeness (QED) is 0.353. The summed E-state index contributed by atoms with van der Waals surface area (Å²) in [6.07, 6.45) is 1.63. The lowest BCUT2D eigenvalue weighted by molar-refractivity contribution is -0.143. The number of benzene rings is 1. The molecule has 1 N–H and O–H groups in total. The Morgan fingerprint density at radius 2 is 1.67 bits per heavy atom. The summed E-state index contributed by atoms with van der Waals surface area (Å²) in [5.41, 5.74) is -0.256. The zero-order valence-electron chi connectivity index (χ0n) is 18.0. The zero-order valence-corrected chi connectivity index (χ0v) is 19.7. The zero-order chi connectivity index (χ0) is 22.4. The van der Waals surface area contributed by atoms with Gasteiger partial charge in [-0.05, 0) is 65.0 Å². The van der Waals surface area contributed by atoms with Crippen molar-refractivity contribution in [3.05, 3.63) is 29.8 Å². The number of sulfonamides is 1. The molecule has 0 amide bonds. The molecule has 1 aliphatic rings. The lowest BCUT2D eigenvalue weighted by Gasteiger charge is -2.28. The maximum atomic E-state index is 13.4. The number of carbonyl (C=O) groups is 1. The highest BCUT2D eigenvalue weighted by molar-refractivity contribution is 7.89. The minimum absolute atomic E-state index is 0.0220. The van der Waals surface area contributed by atoms with Gasteiger partial charge in [0.15, 0.2) is 5.66 Å². The molecule has 1 fully saturated rings. The van der Waals surface area contributed by atoms with Crippen LogP contribution in [0.1, 0.15) is 45.6 Å². The van der Waals surface area contributed by atoms with Crippen LogP contribution in [0.25, 0.3) is 0 Å². The van der Waals surface area contributed by atoms with Gasteiger partial charge in [-0.15, -0.1) is 0 Å². The molecule has 1 unspecified atom stereocenters. The Morgan fingerprint density at radius 3 is 2.13 bits per heavy atom. The second-order valence-corrected chi connectivity index (χ2v) is 11.2. The van der Waals surface area contributed by atoms with Gasteiger partial charge in [0.2, 0.25) is 10.0 Å². The van der Waals surface area contributed by atoms with Gasteiger partial charge in [0.25, 0.3) is 0 Å². The van der Waals surface area contributed by atoms with Gasteiger partial charge in [0.05, 0.1) is 24.7 Å². The van der Waals surface area contributed by atoms with Gasteiger partial charge < -0.3 is 13.8 Å². The van der Waals surface area contributed by atoms with Crippen LogP contribution in [-0.4, -0.2) is 45.9 Å². The summed E-state index contributed by atoms with van der Waals surface area (Å²) in [7, 11) is -7.64. The van der Waals surface area contributed by atoms with Crippen molar-refractivity contribution >= 4 is 23.6 Å².